The zero-order valence-corrected chi connectivity index (χ0v) is 8.52. The van der Waals surface area contributed by atoms with Gasteiger partial charge >= 0.3 is 0 Å². The standard InChI is InChI=1S/C10H12FNOS/c11-8-2-1-3-9(6-8)13-7-10-12-4-5-14-10/h1-3,6,10,12H,4-5,7H2. The molecule has 14 heavy (non-hydrogen) atoms. The number of hydrogen-bond acceptors (Lipinski definition) is 3. The van der Waals surface area contributed by atoms with Crippen molar-refractivity contribution in [2.45, 2.75) is 5.37 Å². The van der Waals surface area contributed by atoms with Crippen molar-refractivity contribution in [1.29, 1.82) is 0 Å². The molecule has 1 N–H and O–H groups in total. The highest BCUT2D eigenvalue weighted by Gasteiger charge is 2.14. The first-order chi connectivity index (χ1) is 6.84. The Morgan fingerprint density at radius 2 is 2.50 bits per heavy atom. The summed E-state index contributed by atoms with van der Waals surface area (Å²) in [6.45, 7) is 1.62. The van der Waals surface area contributed by atoms with Crippen LogP contribution in [0, 0.1) is 5.82 Å². The van der Waals surface area contributed by atoms with Gasteiger partial charge in [0.1, 0.15) is 18.2 Å². The van der Waals surface area contributed by atoms with Gasteiger partial charge in [0, 0.05) is 18.4 Å². The van der Waals surface area contributed by atoms with E-state index < -0.39 is 0 Å². The fourth-order valence-electron chi connectivity index (χ4n) is 1.32. The second-order valence-electron chi connectivity index (χ2n) is 3.08. The summed E-state index contributed by atoms with van der Waals surface area (Å²) in [6.07, 6.45) is 0. The summed E-state index contributed by atoms with van der Waals surface area (Å²) in [5.74, 6) is 1.46. The van der Waals surface area contributed by atoms with Crippen LogP contribution in [0.3, 0.4) is 0 Å². The van der Waals surface area contributed by atoms with Crippen LogP contribution in [0.5, 0.6) is 5.75 Å². The topological polar surface area (TPSA) is 21.3 Å². The Kier molecular flexibility index (Phi) is 3.26. The van der Waals surface area contributed by atoms with Crippen LogP contribution in [0.15, 0.2) is 24.3 Å². The van der Waals surface area contributed by atoms with Crippen LogP contribution in [0.1, 0.15) is 0 Å². The van der Waals surface area contributed by atoms with Crippen molar-refractivity contribution >= 4 is 11.8 Å². The monoisotopic (exact) mass is 213 g/mol. The average molecular weight is 213 g/mol. The third-order valence-electron chi connectivity index (χ3n) is 1.99. The lowest BCUT2D eigenvalue weighted by molar-refractivity contribution is 0.305. The van der Waals surface area contributed by atoms with Gasteiger partial charge in [0.25, 0.3) is 0 Å². The van der Waals surface area contributed by atoms with E-state index >= 15 is 0 Å². The number of thioether (sulfide) groups is 1. The lowest BCUT2D eigenvalue weighted by Crippen LogP contribution is -2.26. The van der Waals surface area contributed by atoms with Gasteiger partial charge in [0.05, 0.1) is 5.37 Å². The van der Waals surface area contributed by atoms with Gasteiger partial charge in [-0.3, -0.25) is 0 Å². The molecule has 4 heteroatoms. The lowest BCUT2D eigenvalue weighted by atomic mass is 10.3. The minimum Gasteiger partial charge on any atom is -0.491 e. The molecule has 1 heterocycles. The van der Waals surface area contributed by atoms with Gasteiger partial charge in [0.15, 0.2) is 0 Å². The third-order valence-corrected chi connectivity index (χ3v) is 3.14. The second-order valence-corrected chi connectivity index (χ2v) is 4.39. The number of hydrogen-bond donors (Lipinski definition) is 1. The van der Waals surface area contributed by atoms with Gasteiger partial charge in [-0.25, -0.2) is 4.39 Å². The normalized spacial score (nSPS) is 21.1. The minimum absolute atomic E-state index is 0.255. The molecule has 2 nitrogen and oxygen atoms in total. The van der Waals surface area contributed by atoms with E-state index in [0.717, 1.165) is 12.3 Å². The van der Waals surface area contributed by atoms with E-state index in [-0.39, 0.29) is 5.82 Å². The number of rotatable bonds is 3. The van der Waals surface area contributed by atoms with Gasteiger partial charge in [-0.2, -0.15) is 0 Å². The zero-order chi connectivity index (χ0) is 9.80. The molecule has 1 aromatic rings. The highest BCUT2D eigenvalue weighted by molar-refractivity contribution is 8.00. The molecule has 1 fully saturated rings. The van der Waals surface area contributed by atoms with Crippen molar-refractivity contribution in [1.82, 2.24) is 5.32 Å². The highest BCUT2D eigenvalue weighted by Crippen LogP contribution is 2.17. The highest BCUT2D eigenvalue weighted by atomic mass is 32.2. The summed E-state index contributed by atoms with van der Waals surface area (Å²) in [7, 11) is 0. The first-order valence-corrected chi connectivity index (χ1v) is 5.63. The molecule has 0 aliphatic carbocycles. The predicted molar refractivity (Wildman–Crippen MR) is 56.1 cm³/mol. The molecule has 1 atom stereocenters. The van der Waals surface area contributed by atoms with Gasteiger partial charge in [0.2, 0.25) is 0 Å². The smallest absolute Gasteiger partial charge is 0.126 e. The fraction of sp³-hybridized carbons (Fsp3) is 0.400. The van der Waals surface area contributed by atoms with Gasteiger partial charge in [-0.1, -0.05) is 6.07 Å². The summed E-state index contributed by atoms with van der Waals surface area (Å²) in [5.41, 5.74) is 0. The maximum Gasteiger partial charge on any atom is 0.126 e. The van der Waals surface area contributed by atoms with E-state index in [4.69, 9.17) is 4.74 Å². The molecule has 2 rings (SSSR count). The third kappa shape index (κ3) is 2.62. The molecule has 1 aromatic carbocycles. The van der Waals surface area contributed by atoms with E-state index in [1.54, 1.807) is 12.1 Å². The summed E-state index contributed by atoms with van der Waals surface area (Å²) >= 11 is 1.84. The fourth-order valence-corrected chi connectivity index (χ4v) is 2.24. The van der Waals surface area contributed by atoms with Crippen molar-refractivity contribution in [3.05, 3.63) is 30.1 Å². The van der Waals surface area contributed by atoms with Crippen molar-refractivity contribution in [3.8, 4) is 5.75 Å². The van der Waals surface area contributed by atoms with E-state index in [2.05, 4.69) is 5.32 Å². The van der Waals surface area contributed by atoms with Crippen molar-refractivity contribution in [2.24, 2.45) is 0 Å². The minimum atomic E-state index is -0.255. The van der Waals surface area contributed by atoms with Crippen LogP contribution in [0.25, 0.3) is 0 Å². The molecule has 0 radical (unpaired) electrons. The number of halogens is 1. The summed E-state index contributed by atoms with van der Waals surface area (Å²) in [4.78, 5) is 0. The maximum absolute atomic E-state index is 12.8. The number of ether oxygens (including phenoxy) is 1. The van der Waals surface area contributed by atoms with Crippen LogP contribution >= 0.6 is 11.8 Å². The maximum atomic E-state index is 12.8. The average Bonchev–Trinajstić information content (AvgIpc) is 2.67. The van der Waals surface area contributed by atoms with Crippen LogP contribution in [-0.4, -0.2) is 24.3 Å². The lowest BCUT2D eigenvalue weighted by Gasteiger charge is -2.11. The molecule has 76 valence electrons. The van der Waals surface area contributed by atoms with Gasteiger partial charge < -0.3 is 10.1 Å². The molecular formula is C10H12FNOS. The molecule has 0 spiro atoms. The van der Waals surface area contributed by atoms with Crippen LogP contribution < -0.4 is 10.1 Å². The van der Waals surface area contributed by atoms with Gasteiger partial charge in [-0.05, 0) is 12.1 Å². The first-order valence-electron chi connectivity index (χ1n) is 4.58. The summed E-state index contributed by atoms with van der Waals surface area (Å²) in [5, 5.41) is 3.63. The Balaban J connectivity index is 1.85. The van der Waals surface area contributed by atoms with E-state index in [9.17, 15) is 4.39 Å². The molecule has 0 aromatic heterocycles. The molecule has 1 unspecified atom stereocenters. The van der Waals surface area contributed by atoms with E-state index in [0.29, 0.717) is 17.7 Å². The van der Waals surface area contributed by atoms with Crippen LogP contribution in [0.4, 0.5) is 4.39 Å². The first kappa shape index (κ1) is 9.80. The Morgan fingerprint density at radius 3 is 3.21 bits per heavy atom. The largest absolute Gasteiger partial charge is 0.491 e. The van der Waals surface area contributed by atoms with Gasteiger partial charge in [-0.15, -0.1) is 11.8 Å². The Hall–Kier alpha value is -0.740. The molecule has 0 saturated carbocycles. The number of nitrogens with one attached hydrogen (secondary N) is 1. The number of benzene rings is 1. The molecule has 1 aliphatic heterocycles. The Labute approximate surface area is 86.8 Å². The Morgan fingerprint density at radius 1 is 1.57 bits per heavy atom. The molecule has 1 aliphatic rings. The predicted octanol–water partition coefficient (Wildman–Crippen LogP) is 1.87. The second kappa shape index (κ2) is 4.66. The molecule has 0 bridgehead atoms. The van der Waals surface area contributed by atoms with Crippen LogP contribution in [-0.2, 0) is 0 Å². The zero-order valence-electron chi connectivity index (χ0n) is 7.70. The van der Waals surface area contributed by atoms with E-state index in [1.807, 2.05) is 11.8 Å². The van der Waals surface area contributed by atoms with Crippen molar-refractivity contribution < 1.29 is 9.13 Å². The molecule has 1 saturated heterocycles. The summed E-state index contributed by atoms with van der Waals surface area (Å²) < 4.78 is 18.2. The Bertz CT molecular complexity index is 302. The van der Waals surface area contributed by atoms with Crippen molar-refractivity contribution in [2.75, 3.05) is 18.9 Å². The van der Waals surface area contributed by atoms with Crippen LogP contribution in [0.2, 0.25) is 0 Å². The molecular weight excluding hydrogens is 201 g/mol. The SMILES string of the molecule is Fc1cccc(OCC2NCCS2)c1. The summed E-state index contributed by atoms with van der Waals surface area (Å²) in [6, 6.07) is 6.23. The van der Waals surface area contributed by atoms with Crippen molar-refractivity contribution in [3.63, 3.8) is 0 Å². The van der Waals surface area contributed by atoms with E-state index in [1.165, 1.54) is 12.1 Å². The quantitative estimate of drug-likeness (QED) is 0.828. The molecule has 0 amide bonds.